The van der Waals surface area contributed by atoms with Crippen molar-refractivity contribution < 1.29 is 10.2 Å². The van der Waals surface area contributed by atoms with Crippen molar-refractivity contribution in [3.8, 4) is 0 Å². The maximum Gasteiger partial charge on any atom is 0.0625 e. The molecular weight excluding hydrogens is 368 g/mol. The maximum atomic E-state index is 10.3. The predicted molar refractivity (Wildman–Crippen MR) is 123 cm³/mol. The van der Waals surface area contributed by atoms with E-state index in [2.05, 4.69) is 20.8 Å². The highest BCUT2D eigenvalue weighted by atomic mass is 16.3. The highest BCUT2D eigenvalue weighted by Gasteiger charge is 2.60. The number of fused-ring (bicyclic) bond motifs is 5. The summed E-state index contributed by atoms with van der Waals surface area (Å²) in [6, 6.07) is 0. The highest BCUT2D eigenvalue weighted by Crippen LogP contribution is 2.68. The van der Waals surface area contributed by atoms with Crippen molar-refractivity contribution in [1.82, 2.24) is 0 Å². The van der Waals surface area contributed by atoms with Gasteiger partial charge in [0.15, 0.2) is 0 Å². The first-order valence-corrected chi connectivity index (χ1v) is 13.5. The van der Waals surface area contributed by atoms with Gasteiger partial charge in [-0.2, -0.15) is 0 Å². The van der Waals surface area contributed by atoms with E-state index in [1.807, 2.05) is 6.92 Å². The molecule has 30 heavy (non-hydrogen) atoms. The van der Waals surface area contributed by atoms with Gasteiger partial charge >= 0.3 is 0 Å². The molecule has 0 radical (unpaired) electrons. The third-order valence-corrected chi connectivity index (χ3v) is 11.9. The molecule has 5 aliphatic carbocycles. The Hall–Kier alpha value is -0.0800. The van der Waals surface area contributed by atoms with Gasteiger partial charge in [-0.05, 0) is 136 Å². The van der Waals surface area contributed by atoms with Crippen LogP contribution in [0, 0.1) is 52.3 Å². The normalized spacial score (nSPS) is 56.4. The van der Waals surface area contributed by atoms with Crippen LogP contribution in [0.15, 0.2) is 0 Å². The minimum atomic E-state index is -0.360. The first kappa shape index (κ1) is 21.7. The van der Waals surface area contributed by atoms with E-state index in [9.17, 15) is 10.2 Å². The fourth-order valence-electron chi connectivity index (χ4n) is 10.3. The zero-order chi connectivity index (χ0) is 21.3. The minimum absolute atomic E-state index is 0.0236. The van der Waals surface area contributed by atoms with Gasteiger partial charge in [0.05, 0.1) is 11.7 Å². The summed E-state index contributed by atoms with van der Waals surface area (Å²) in [6.45, 7) is 9.87. The van der Waals surface area contributed by atoms with Gasteiger partial charge in [0.25, 0.3) is 0 Å². The van der Waals surface area contributed by atoms with Crippen LogP contribution in [0.5, 0.6) is 0 Å². The van der Waals surface area contributed by atoms with E-state index in [0.29, 0.717) is 10.8 Å². The van der Waals surface area contributed by atoms with Gasteiger partial charge < -0.3 is 10.2 Å². The molecule has 5 saturated carbocycles. The molecule has 0 aromatic carbocycles. The van der Waals surface area contributed by atoms with Crippen LogP contribution < -0.4 is 0 Å². The van der Waals surface area contributed by atoms with Crippen molar-refractivity contribution in [2.45, 2.75) is 123 Å². The molecule has 0 spiro atoms. The molecule has 172 valence electrons. The standard InChI is InChI=1S/C28H48O2/c1-18(5-6-19-16-26(2,30)17-19)23-9-10-24-22-8-7-20-15-21(29)11-13-27(20,3)25(22)12-14-28(23,24)4/h18-25,29-30H,5-17H2,1-4H3/t18-,19?,20+,21+,22+,23-,24+,25+,26?,27+,28-/m1/s1. The number of hydrogen-bond acceptors (Lipinski definition) is 2. The molecule has 2 heteroatoms. The summed E-state index contributed by atoms with van der Waals surface area (Å²) in [4.78, 5) is 0. The number of aliphatic hydroxyl groups excluding tert-OH is 1. The number of rotatable bonds is 4. The summed E-state index contributed by atoms with van der Waals surface area (Å²) in [5.41, 5.74) is 0.720. The quantitative estimate of drug-likeness (QED) is 0.543. The van der Waals surface area contributed by atoms with Gasteiger partial charge in [0.2, 0.25) is 0 Å². The monoisotopic (exact) mass is 416 g/mol. The zero-order valence-electron chi connectivity index (χ0n) is 20.2. The van der Waals surface area contributed by atoms with E-state index >= 15 is 0 Å². The zero-order valence-corrected chi connectivity index (χ0v) is 20.2. The lowest BCUT2D eigenvalue weighted by molar-refractivity contribution is -0.129. The molecule has 0 aliphatic heterocycles. The Kier molecular flexibility index (Phi) is 5.42. The highest BCUT2D eigenvalue weighted by molar-refractivity contribution is 5.09. The Bertz CT molecular complexity index is 635. The van der Waals surface area contributed by atoms with E-state index in [1.54, 1.807) is 0 Å². The molecular formula is C28H48O2. The lowest BCUT2D eigenvalue weighted by Gasteiger charge is -2.61. The summed E-state index contributed by atoms with van der Waals surface area (Å²) in [7, 11) is 0. The molecule has 0 aromatic rings. The summed E-state index contributed by atoms with van der Waals surface area (Å²) >= 11 is 0. The first-order chi connectivity index (χ1) is 14.1. The summed E-state index contributed by atoms with van der Waals surface area (Å²) < 4.78 is 0. The maximum absolute atomic E-state index is 10.3. The fourth-order valence-corrected chi connectivity index (χ4v) is 10.3. The van der Waals surface area contributed by atoms with E-state index in [1.165, 1.54) is 57.8 Å². The van der Waals surface area contributed by atoms with Gasteiger partial charge in [-0.25, -0.2) is 0 Å². The van der Waals surface area contributed by atoms with Crippen LogP contribution in [-0.4, -0.2) is 21.9 Å². The Labute approximate surface area is 185 Å². The lowest BCUT2D eigenvalue weighted by Crippen LogP contribution is -2.54. The SMILES string of the molecule is C[C@H](CCC1CC(C)(O)C1)[C@H]1CC[C@H]2[C@@H]3CC[C@H]4C[C@@H](O)CC[C@]4(C)[C@H]3CC[C@]12C. The average molecular weight is 417 g/mol. The molecule has 0 saturated heterocycles. The van der Waals surface area contributed by atoms with Crippen molar-refractivity contribution >= 4 is 0 Å². The first-order valence-electron chi connectivity index (χ1n) is 13.5. The fraction of sp³-hybridized carbons (Fsp3) is 1.00. The van der Waals surface area contributed by atoms with Crippen molar-refractivity contribution in [1.29, 1.82) is 0 Å². The van der Waals surface area contributed by atoms with Crippen molar-refractivity contribution in [2.24, 2.45) is 52.3 Å². The van der Waals surface area contributed by atoms with Gasteiger partial charge in [-0.1, -0.05) is 27.2 Å². The number of aliphatic hydroxyl groups is 2. The summed E-state index contributed by atoms with van der Waals surface area (Å²) in [5, 5.41) is 20.3. The van der Waals surface area contributed by atoms with Crippen molar-refractivity contribution in [2.75, 3.05) is 0 Å². The topological polar surface area (TPSA) is 40.5 Å². The van der Waals surface area contributed by atoms with E-state index in [0.717, 1.165) is 67.1 Å². The van der Waals surface area contributed by atoms with Crippen LogP contribution >= 0.6 is 0 Å². The third-order valence-electron chi connectivity index (χ3n) is 11.9. The van der Waals surface area contributed by atoms with Crippen LogP contribution in [0.4, 0.5) is 0 Å². The Morgan fingerprint density at radius 3 is 2.30 bits per heavy atom. The molecule has 0 amide bonds. The molecule has 5 aliphatic rings. The third kappa shape index (κ3) is 3.42. The Morgan fingerprint density at radius 1 is 0.867 bits per heavy atom. The van der Waals surface area contributed by atoms with Gasteiger partial charge in [-0.3, -0.25) is 0 Å². The molecule has 0 bridgehead atoms. The van der Waals surface area contributed by atoms with E-state index < -0.39 is 0 Å². The van der Waals surface area contributed by atoms with E-state index in [4.69, 9.17) is 0 Å². The second-order valence-corrected chi connectivity index (χ2v) is 13.6. The minimum Gasteiger partial charge on any atom is -0.393 e. The number of hydrogen-bond donors (Lipinski definition) is 2. The Morgan fingerprint density at radius 2 is 1.57 bits per heavy atom. The van der Waals surface area contributed by atoms with Gasteiger partial charge in [0.1, 0.15) is 0 Å². The van der Waals surface area contributed by atoms with Crippen LogP contribution in [-0.2, 0) is 0 Å². The summed E-state index contributed by atoms with van der Waals surface area (Å²) in [5.74, 6) is 6.16. The second kappa shape index (κ2) is 7.47. The molecule has 0 aromatic heterocycles. The van der Waals surface area contributed by atoms with Crippen LogP contribution in [0.1, 0.15) is 111 Å². The largest absolute Gasteiger partial charge is 0.393 e. The Balaban J connectivity index is 1.25. The molecule has 5 fully saturated rings. The van der Waals surface area contributed by atoms with E-state index in [-0.39, 0.29) is 11.7 Å². The van der Waals surface area contributed by atoms with Crippen LogP contribution in [0.2, 0.25) is 0 Å². The van der Waals surface area contributed by atoms with Crippen molar-refractivity contribution in [3.63, 3.8) is 0 Å². The lowest BCUT2D eigenvalue weighted by atomic mass is 9.44. The predicted octanol–water partition coefficient (Wildman–Crippen LogP) is 6.58. The molecule has 0 heterocycles. The molecule has 2 N–H and O–H groups in total. The van der Waals surface area contributed by atoms with Crippen LogP contribution in [0.3, 0.4) is 0 Å². The van der Waals surface area contributed by atoms with Gasteiger partial charge in [0, 0.05) is 0 Å². The molecule has 9 atom stereocenters. The second-order valence-electron chi connectivity index (χ2n) is 13.6. The molecule has 0 unspecified atom stereocenters. The smallest absolute Gasteiger partial charge is 0.0625 e. The molecule has 5 rings (SSSR count). The molecule has 2 nitrogen and oxygen atoms in total. The summed E-state index contributed by atoms with van der Waals surface area (Å²) in [6.07, 6.45) is 16.8. The van der Waals surface area contributed by atoms with Crippen molar-refractivity contribution in [3.05, 3.63) is 0 Å². The van der Waals surface area contributed by atoms with Crippen LogP contribution in [0.25, 0.3) is 0 Å². The van der Waals surface area contributed by atoms with Gasteiger partial charge in [-0.15, -0.1) is 0 Å². The average Bonchev–Trinajstić information content (AvgIpc) is 3.02.